The van der Waals surface area contributed by atoms with Crippen LogP contribution in [0.25, 0.3) is 0 Å². The van der Waals surface area contributed by atoms with Crippen LogP contribution >= 0.6 is 0 Å². The molecule has 102 valence electrons. The molecule has 1 heterocycles. The Morgan fingerprint density at radius 3 is 2.61 bits per heavy atom. The Balaban J connectivity index is 0.000000771. The molecule has 0 saturated carbocycles. The molecule has 18 heavy (non-hydrogen) atoms. The predicted octanol–water partition coefficient (Wildman–Crippen LogP) is 3.63. The van der Waals surface area contributed by atoms with Gasteiger partial charge in [-0.2, -0.15) is 0 Å². The number of hydrogen-bond acceptors (Lipinski definition) is 2. The van der Waals surface area contributed by atoms with Crippen LogP contribution < -0.4 is 10.2 Å². The maximum Gasteiger partial charge on any atom is 0.0370 e. The molecular formula is C16H28N2. The van der Waals surface area contributed by atoms with Gasteiger partial charge in [0.25, 0.3) is 0 Å². The fourth-order valence-corrected chi connectivity index (χ4v) is 2.25. The third-order valence-electron chi connectivity index (χ3n) is 3.27. The molecule has 1 atom stereocenters. The van der Waals surface area contributed by atoms with E-state index in [0.29, 0.717) is 12.0 Å². The molecule has 2 heteroatoms. The summed E-state index contributed by atoms with van der Waals surface area (Å²) in [5, 5.41) is 3.48. The third-order valence-corrected chi connectivity index (χ3v) is 3.27. The number of piperazine rings is 1. The molecule has 1 aliphatic rings. The van der Waals surface area contributed by atoms with Crippen LogP contribution in [0.15, 0.2) is 24.3 Å². The summed E-state index contributed by atoms with van der Waals surface area (Å²) >= 11 is 0. The van der Waals surface area contributed by atoms with E-state index < -0.39 is 0 Å². The number of nitrogens with one attached hydrogen (secondary N) is 1. The highest BCUT2D eigenvalue weighted by atomic mass is 15.2. The van der Waals surface area contributed by atoms with Gasteiger partial charge in [-0.3, -0.25) is 0 Å². The molecule has 2 nitrogen and oxygen atoms in total. The summed E-state index contributed by atoms with van der Waals surface area (Å²) in [5.41, 5.74) is 2.81. The summed E-state index contributed by atoms with van der Waals surface area (Å²) in [6.45, 7) is 14.1. The van der Waals surface area contributed by atoms with Gasteiger partial charge in [-0.25, -0.2) is 0 Å². The van der Waals surface area contributed by atoms with Gasteiger partial charge in [-0.05, 0) is 30.5 Å². The summed E-state index contributed by atoms with van der Waals surface area (Å²) in [6, 6.07) is 9.56. The summed E-state index contributed by atoms with van der Waals surface area (Å²) in [7, 11) is 0. The Hall–Kier alpha value is -1.02. The number of nitrogens with zero attached hydrogens (tertiary/aromatic N) is 1. The average molecular weight is 248 g/mol. The Labute approximate surface area is 112 Å². The molecule has 0 amide bonds. The van der Waals surface area contributed by atoms with E-state index in [0.717, 1.165) is 19.6 Å². The molecule has 1 unspecified atom stereocenters. The Kier molecular flexibility index (Phi) is 6.20. The molecule has 0 spiro atoms. The van der Waals surface area contributed by atoms with E-state index in [1.807, 2.05) is 13.8 Å². The minimum Gasteiger partial charge on any atom is -0.369 e. The molecular weight excluding hydrogens is 220 g/mol. The first-order valence-electron chi connectivity index (χ1n) is 7.25. The molecule has 1 aromatic carbocycles. The lowest BCUT2D eigenvalue weighted by Crippen LogP contribution is -2.49. The van der Waals surface area contributed by atoms with Crippen LogP contribution in [-0.2, 0) is 0 Å². The second-order valence-corrected chi connectivity index (χ2v) is 5.05. The van der Waals surface area contributed by atoms with Crippen molar-refractivity contribution in [3.8, 4) is 0 Å². The van der Waals surface area contributed by atoms with Gasteiger partial charge in [0.15, 0.2) is 0 Å². The fourth-order valence-electron chi connectivity index (χ4n) is 2.25. The highest BCUT2D eigenvalue weighted by Crippen LogP contribution is 2.22. The van der Waals surface area contributed by atoms with Crippen LogP contribution in [0.2, 0.25) is 0 Å². The van der Waals surface area contributed by atoms with E-state index in [2.05, 4.69) is 55.3 Å². The largest absolute Gasteiger partial charge is 0.369 e. The SMILES string of the molecule is CC.CC1CN(c2cccc(C(C)C)c2)CCN1. The third kappa shape index (κ3) is 4.02. The van der Waals surface area contributed by atoms with Crippen molar-refractivity contribution in [2.24, 2.45) is 0 Å². The molecule has 1 aromatic rings. The fraction of sp³-hybridized carbons (Fsp3) is 0.625. The monoisotopic (exact) mass is 248 g/mol. The lowest BCUT2D eigenvalue weighted by Gasteiger charge is -2.34. The topological polar surface area (TPSA) is 15.3 Å². The van der Waals surface area contributed by atoms with Gasteiger partial charge in [-0.15, -0.1) is 0 Å². The number of anilines is 1. The summed E-state index contributed by atoms with van der Waals surface area (Å²) in [6.07, 6.45) is 0. The van der Waals surface area contributed by atoms with Crippen molar-refractivity contribution in [1.82, 2.24) is 5.32 Å². The Morgan fingerprint density at radius 2 is 2.00 bits per heavy atom. The zero-order chi connectivity index (χ0) is 13.5. The van der Waals surface area contributed by atoms with E-state index >= 15 is 0 Å². The van der Waals surface area contributed by atoms with Crippen molar-refractivity contribution in [2.75, 3.05) is 24.5 Å². The average Bonchev–Trinajstić information content (AvgIpc) is 2.41. The molecule has 0 aromatic heterocycles. The number of hydrogen-bond donors (Lipinski definition) is 1. The first-order chi connectivity index (χ1) is 8.66. The van der Waals surface area contributed by atoms with Crippen LogP contribution in [-0.4, -0.2) is 25.7 Å². The van der Waals surface area contributed by atoms with Crippen LogP contribution in [0.3, 0.4) is 0 Å². The summed E-state index contributed by atoms with van der Waals surface area (Å²) in [4.78, 5) is 2.48. The van der Waals surface area contributed by atoms with Crippen LogP contribution in [0, 0.1) is 0 Å². The van der Waals surface area contributed by atoms with Gasteiger partial charge in [0.1, 0.15) is 0 Å². The van der Waals surface area contributed by atoms with Crippen LogP contribution in [0.5, 0.6) is 0 Å². The van der Waals surface area contributed by atoms with E-state index in [-0.39, 0.29) is 0 Å². The van der Waals surface area contributed by atoms with Gasteiger partial charge in [-0.1, -0.05) is 39.8 Å². The van der Waals surface area contributed by atoms with Gasteiger partial charge in [0.05, 0.1) is 0 Å². The first-order valence-corrected chi connectivity index (χ1v) is 7.25. The summed E-state index contributed by atoms with van der Waals surface area (Å²) in [5.74, 6) is 0.611. The maximum atomic E-state index is 3.48. The predicted molar refractivity (Wildman–Crippen MR) is 81.6 cm³/mol. The molecule has 1 fully saturated rings. The number of benzene rings is 1. The van der Waals surface area contributed by atoms with Crippen molar-refractivity contribution in [2.45, 2.75) is 46.6 Å². The molecule has 1 aliphatic heterocycles. The highest BCUT2D eigenvalue weighted by Gasteiger charge is 2.16. The first kappa shape index (κ1) is 15.0. The second-order valence-electron chi connectivity index (χ2n) is 5.05. The van der Waals surface area contributed by atoms with Gasteiger partial charge in [0, 0.05) is 31.4 Å². The Bertz CT molecular complexity index is 347. The highest BCUT2D eigenvalue weighted by molar-refractivity contribution is 5.49. The van der Waals surface area contributed by atoms with Crippen LogP contribution in [0.1, 0.15) is 46.1 Å². The molecule has 1 saturated heterocycles. The lowest BCUT2D eigenvalue weighted by molar-refractivity contribution is 0.485. The van der Waals surface area contributed by atoms with Crippen molar-refractivity contribution in [3.05, 3.63) is 29.8 Å². The van der Waals surface area contributed by atoms with Crippen molar-refractivity contribution >= 4 is 5.69 Å². The van der Waals surface area contributed by atoms with E-state index in [4.69, 9.17) is 0 Å². The Morgan fingerprint density at radius 1 is 1.28 bits per heavy atom. The normalized spacial score (nSPS) is 19.4. The van der Waals surface area contributed by atoms with Gasteiger partial charge in [0.2, 0.25) is 0 Å². The zero-order valence-electron chi connectivity index (χ0n) is 12.5. The van der Waals surface area contributed by atoms with Crippen molar-refractivity contribution in [3.63, 3.8) is 0 Å². The standard InChI is InChI=1S/C14H22N2.C2H6/c1-11(2)13-5-4-6-14(9-13)16-8-7-15-12(3)10-16;1-2/h4-6,9,11-12,15H,7-8,10H2,1-3H3;1-2H3. The van der Waals surface area contributed by atoms with E-state index in [1.165, 1.54) is 11.3 Å². The van der Waals surface area contributed by atoms with E-state index in [9.17, 15) is 0 Å². The van der Waals surface area contributed by atoms with Crippen LogP contribution in [0.4, 0.5) is 5.69 Å². The molecule has 2 rings (SSSR count). The maximum absolute atomic E-state index is 3.48. The lowest BCUT2D eigenvalue weighted by atomic mass is 10.0. The zero-order valence-corrected chi connectivity index (χ0v) is 12.5. The van der Waals surface area contributed by atoms with Crippen molar-refractivity contribution < 1.29 is 0 Å². The molecule has 0 bridgehead atoms. The molecule has 1 N–H and O–H groups in total. The quantitative estimate of drug-likeness (QED) is 0.859. The van der Waals surface area contributed by atoms with Crippen molar-refractivity contribution in [1.29, 1.82) is 0 Å². The molecule has 0 radical (unpaired) electrons. The second kappa shape index (κ2) is 7.42. The minimum atomic E-state index is 0.594. The molecule has 0 aliphatic carbocycles. The number of rotatable bonds is 2. The van der Waals surface area contributed by atoms with E-state index in [1.54, 1.807) is 0 Å². The smallest absolute Gasteiger partial charge is 0.0370 e. The summed E-state index contributed by atoms with van der Waals surface area (Å²) < 4.78 is 0. The minimum absolute atomic E-state index is 0.594. The van der Waals surface area contributed by atoms with Gasteiger partial charge < -0.3 is 10.2 Å². The van der Waals surface area contributed by atoms with Gasteiger partial charge >= 0.3 is 0 Å².